The first kappa shape index (κ1) is 19.4. The summed E-state index contributed by atoms with van der Waals surface area (Å²) in [5.41, 5.74) is 5.34. The van der Waals surface area contributed by atoms with Gasteiger partial charge in [0, 0.05) is 17.7 Å². The van der Waals surface area contributed by atoms with Crippen molar-refractivity contribution in [2.75, 3.05) is 6.61 Å². The fraction of sp³-hybridized carbons (Fsp3) is 0.176. The van der Waals surface area contributed by atoms with E-state index in [9.17, 15) is 19.7 Å². The van der Waals surface area contributed by atoms with Gasteiger partial charge in [0.25, 0.3) is 17.5 Å². The van der Waals surface area contributed by atoms with Crippen LogP contribution in [0, 0.1) is 10.1 Å². The molecule has 0 bridgehead atoms. The number of nitrogens with one attached hydrogen (secondary N) is 2. The molecule has 136 valence electrons. The van der Waals surface area contributed by atoms with E-state index in [1.54, 1.807) is 6.07 Å². The van der Waals surface area contributed by atoms with Gasteiger partial charge in [0.1, 0.15) is 5.75 Å². The number of ether oxygens (including phenoxy) is 1. The Bertz CT molecular complexity index is 841. The molecule has 2 rings (SSSR count). The Morgan fingerprint density at radius 1 is 1.19 bits per heavy atom. The van der Waals surface area contributed by atoms with Crippen molar-refractivity contribution in [3.05, 3.63) is 68.2 Å². The van der Waals surface area contributed by atoms with E-state index >= 15 is 0 Å². The summed E-state index contributed by atoms with van der Waals surface area (Å²) in [4.78, 5) is 33.8. The van der Waals surface area contributed by atoms with Crippen LogP contribution in [0.4, 0.5) is 5.69 Å². The summed E-state index contributed by atoms with van der Waals surface area (Å²) in [6, 6.07) is 10.7. The first-order valence-electron chi connectivity index (χ1n) is 7.65. The molecule has 0 unspecified atom stereocenters. The predicted molar refractivity (Wildman–Crippen MR) is 97.7 cm³/mol. The van der Waals surface area contributed by atoms with Crippen LogP contribution < -0.4 is 15.6 Å². The lowest BCUT2D eigenvalue weighted by Gasteiger charge is -2.10. The maximum absolute atomic E-state index is 11.9. The Morgan fingerprint density at radius 2 is 1.96 bits per heavy atom. The van der Waals surface area contributed by atoms with E-state index in [0.717, 1.165) is 22.5 Å². The quantitative estimate of drug-likeness (QED) is 0.550. The second-order valence-corrected chi connectivity index (χ2v) is 6.07. The van der Waals surface area contributed by atoms with Crippen LogP contribution in [0.1, 0.15) is 22.8 Å². The second-order valence-electron chi connectivity index (χ2n) is 5.22. The SMILES string of the molecule is CCc1ccc(OCC(=O)NNC(=O)c2cccc([N+](=O)[O-])c2)c(Br)c1. The largest absolute Gasteiger partial charge is 0.483 e. The van der Waals surface area contributed by atoms with Gasteiger partial charge in [-0.15, -0.1) is 0 Å². The zero-order chi connectivity index (χ0) is 19.1. The number of nitro groups is 1. The van der Waals surface area contributed by atoms with Gasteiger partial charge in [-0.25, -0.2) is 0 Å². The number of nitrogens with zero attached hydrogens (tertiary/aromatic N) is 1. The van der Waals surface area contributed by atoms with E-state index in [4.69, 9.17) is 4.74 Å². The van der Waals surface area contributed by atoms with Crippen molar-refractivity contribution < 1.29 is 19.2 Å². The zero-order valence-corrected chi connectivity index (χ0v) is 15.4. The van der Waals surface area contributed by atoms with Crippen LogP contribution in [0.3, 0.4) is 0 Å². The highest BCUT2D eigenvalue weighted by molar-refractivity contribution is 9.10. The van der Waals surface area contributed by atoms with Crippen molar-refractivity contribution in [1.82, 2.24) is 10.9 Å². The monoisotopic (exact) mass is 421 g/mol. The molecule has 0 saturated carbocycles. The summed E-state index contributed by atoms with van der Waals surface area (Å²) < 4.78 is 6.11. The summed E-state index contributed by atoms with van der Waals surface area (Å²) in [6.07, 6.45) is 0.878. The number of non-ortho nitro benzene ring substituents is 1. The summed E-state index contributed by atoms with van der Waals surface area (Å²) in [7, 11) is 0. The molecule has 0 fully saturated rings. The molecule has 9 heteroatoms. The number of rotatable bonds is 6. The highest BCUT2D eigenvalue weighted by atomic mass is 79.9. The summed E-state index contributed by atoms with van der Waals surface area (Å²) >= 11 is 3.37. The first-order valence-corrected chi connectivity index (χ1v) is 8.45. The lowest BCUT2D eigenvalue weighted by atomic mass is 10.2. The van der Waals surface area contributed by atoms with Crippen LogP contribution in [-0.4, -0.2) is 23.3 Å². The van der Waals surface area contributed by atoms with E-state index in [2.05, 4.69) is 26.8 Å². The Hall–Kier alpha value is -2.94. The average molecular weight is 422 g/mol. The van der Waals surface area contributed by atoms with Crippen molar-refractivity contribution in [3.63, 3.8) is 0 Å². The predicted octanol–water partition coefficient (Wildman–Crippen LogP) is 2.76. The normalized spacial score (nSPS) is 10.1. The number of carbonyl (C=O) groups excluding carboxylic acids is 2. The number of hydrogen-bond donors (Lipinski definition) is 2. The number of nitro benzene ring substituents is 1. The molecular weight excluding hydrogens is 406 g/mol. The first-order chi connectivity index (χ1) is 12.4. The van der Waals surface area contributed by atoms with Gasteiger partial charge in [-0.05, 0) is 46.1 Å². The third-order valence-corrected chi connectivity index (χ3v) is 4.02. The van der Waals surface area contributed by atoms with Crippen molar-refractivity contribution in [3.8, 4) is 5.75 Å². The Balaban J connectivity index is 1.86. The second kappa shape index (κ2) is 8.95. The molecule has 0 aromatic heterocycles. The Kier molecular flexibility index (Phi) is 6.67. The van der Waals surface area contributed by atoms with E-state index in [0.29, 0.717) is 5.75 Å². The standard InChI is InChI=1S/C17H16BrN3O5/c1-2-11-6-7-15(14(18)8-11)26-10-16(22)19-20-17(23)12-4-3-5-13(9-12)21(24)25/h3-9H,2,10H2,1H3,(H,19,22)(H,20,23). The molecule has 0 atom stereocenters. The summed E-state index contributed by atoms with van der Waals surface area (Å²) in [6.45, 7) is 1.72. The highest BCUT2D eigenvalue weighted by Gasteiger charge is 2.12. The van der Waals surface area contributed by atoms with Crippen LogP contribution in [0.2, 0.25) is 0 Å². The molecule has 0 heterocycles. The van der Waals surface area contributed by atoms with Gasteiger partial charge in [0.2, 0.25) is 0 Å². The van der Waals surface area contributed by atoms with Crippen LogP contribution in [0.15, 0.2) is 46.9 Å². The molecule has 0 aliphatic rings. The van der Waals surface area contributed by atoms with Crippen molar-refractivity contribution >= 4 is 33.4 Å². The zero-order valence-electron chi connectivity index (χ0n) is 13.8. The third-order valence-electron chi connectivity index (χ3n) is 3.40. The molecule has 0 aliphatic heterocycles. The Morgan fingerprint density at radius 3 is 2.62 bits per heavy atom. The maximum atomic E-state index is 11.9. The highest BCUT2D eigenvalue weighted by Crippen LogP contribution is 2.26. The molecular formula is C17H16BrN3O5. The van der Waals surface area contributed by atoms with Crippen molar-refractivity contribution in [1.29, 1.82) is 0 Å². The van der Waals surface area contributed by atoms with Gasteiger partial charge < -0.3 is 4.74 Å². The number of halogens is 1. The molecule has 0 spiro atoms. The molecule has 8 nitrogen and oxygen atoms in total. The van der Waals surface area contributed by atoms with Crippen molar-refractivity contribution in [2.24, 2.45) is 0 Å². The molecule has 0 radical (unpaired) electrons. The molecule has 2 amide bonds. The van der Waals surface area contributed by atoms with Gasteiger partial charge in [-0.2, -0.15) is 0 Å². The number of hydrazine groups is 1. The van der Waals surface area contributed by atoms with Crippen LogP contribution in [0.5, 0.6) is 5.75 Å². The van der Waals surface area contributed by atoms with E-state index in [1.165, 1.54) is 18.2 Å². The molecule has 2 aromatic rings. The average Bonchev–Trinajstić information content (AvgIpc) is 2.65. The summed E-state index contributed by atoms with van der Waals surface area (Å²) in [5.74, 6) is -0.742. The summed E-state index contributed by atoms with van der Waals surface area (Å²) in [5, 5.41) is 10.7. The van der Waals surface area contributed by atoms with E-state index in [1.807, 2.05) is 19.1 Å². The molecule has 0 saturated heterocycles. The van der Waals surface area contributed by atoms with Gasteiger partial charge in [-0.3, -0.25) is 30.6 Å². The van der Waals surface area contributed by atoms with Crippen molar-refractivity contribution in [2.45, 2.75) is 13.3 Å². The van der Waals surface area contributed by atoms with Crippen LogP contribution in [-0.2, 0) is 11.2 Å². The van der Waals surface area contributed by atoms with Crippen LogP contribution >= 0.6 is 15.9 Å². The van der Waals surface area contributed by atoms with Crippen LogP contribution in [0.25, 0.3) is 0 Å². The Labute approximate surface area is 157 Å². The minimum atomic E-state index is -0.671. The third kappa shape index (κ3) is 5.28. The topological polar surface area (TPSA) is 111 Å². The molecule has 26 heavy (non-hydrogen) atoms. The fourth-order valence-corrected chi connectivity index (χ4v) is 2.56. The minimum absolute atomic E-state index is 0.0540. The van der Waals surface area contributed by atoms with E-state index < -0.39 is 16.7 Å². The van der Waals surface area contributed by atoms with Gasteiger partial charge >= 0.3 is 0 Å². The number of carbonyl (C=O) groups is 2. The number of aryl methyl sites for hydroxylation is 1. The fourth-order valence-electron chi connectivity index (χ4n) is 2.02. The number of amides is 2. The number of hydrogen-bond acceptors (Lipinski definition) is 5. The molecule has 0 aliphatic carbocycles. The minimum Gasteiger partial charge on any atom is -0.483 e. The van der Waals surface area contributed by atoms with Gasteiger partial charge in [0.15, 0.2) is 6.61 Å². The van der Waals surface area contributed by atoms with Gasteiger partial charge in [0.05, 0.1) is 9.40 Å². The lowest BCUT2D eigenvalue weighted by molar-refractivity contribution is -0.384. The maximum Gasteiger partial charge on any atom is 0.276 e. The van der Waals surface area contributed by atoms with Gasteiger partial charge in [-0.1, -0.05) is 19.1 Å². The lowest BCUT2D eigenvalue weighted by Crippen LogP contribution is -2.43. The molecule has 2 aromatic carbocycles. The smallest absolute Gasteiger partial charge is 0.276 e. The number of benzene rings is 2. The molecule has 2 N–H and O–H groups in total. The van der Waals surface area contributed by atoms with E-state index in [-0.39, 0.29) is 17.9 Å².